The van der Waals surface area contributed by atoms with Gasteiger partial charge in [0, 0.05) is 11.3 Å². The molecule has 304 valence electrons. The number of carbonyl (C=O) groups excluding carboxylic acids is 2. The molecule has 0 aliphatic heterocycles. The van der Waals surface area contributed by atoms with Gasteiger partial charge in [-0.1, -0.05) is 18.2 Å². The number of rotatable bonds is 32. The van der Waals surface area contributed by atoms with E-state index in [0.717, 1.165) is 18.4 Å². The Morgan fingerprint density at radius 3 is 1.47 bits per heavy atom. The Hall–Kier alpha value is -4.13. The van der Waals surface area contributed by atoms with Gasteiger partial charge in [-0.3, -0.25) is 4.79 Å². The van der Waals surface area contributed by atoms with Gasteiger partial charge < -0.3 is 52.7 Å². The number of hydrogen-bond acceptors (Lipinski definition) is 13. The Kier molecular flexibility index (Phi) is 23.3. The first-order valence-corrected chi connectivity index (χ1v) is 17.9. The lowest BCUT2D eigenvalue weighted by molar-refractivity contribution is -0.137. The molecule has 0 radical (unpaired) electrons. The van der Waals surface area contributed by atoms with Crippen LogP contribution in [-0.2, 0) is 48.8 Å². The number of nitrogens with one attached hydrogen (secondary N) is 1. The molecule has 55 heavy (non-hydrogen) atoms. The van der Waals surface area contributed by atoms with E-state index in [1.54, 1.807) is 42.5 Å². The van der Waals surface area contributed by atoms with Gasteiger partial charge in [0.2, 0.25) is 0 Å². The van der Waals surface area contributed by atoms with Gasteiger partial charge in [-0.05, 0) is 54.6 Å². The van der Waals surface area contributed by atoms with E-state index in [-0.39, 0.29) is 24.5 Å². The summed E-state index contributed by atoms with van der Waals surface area (Å²) in [6.07, 6.45) is -3.70. The second-order valence-corrected chi connectivity index (χ2v) is 11.3. The number of esters is 1. The number of aldehydes is 1. The molecule has 0 bridgehead atoms. The molecule has 3 aromatic carbocycles. The van der Waals surface area contributed by atoms with Gasteiger partial charge in [-0.2, -0.15) is 13.2 Å². The molecule has 0 heterocycles. The van der Waals surface area contributed by atoms with Crippen LogP contribution in [0.15, 0.2) is 72.8 Å². The van der Waals surface area contributed by atoms with Crippen molar-refractivity contribution in [1.29, 1.82) is 0 Å². The summed E-state index contributed by atoms with van der Waals surface area (Å²) in [6, 6.07) is 18.0. The van der Waals surface area contributed by atoms with E-state index < -0.39 is 17.7 Å². The van der Waals surface area contributed by atoms with Crippen LogP contribution in [-0.4, -0.2) is 131 Å². The van der Waals surface area contributed by atoms with E-state index in [2.05, 4.69) is 5.32 Å². The highest BCUT2D eigenvalue weighted by atomic mass is 19.4. The van der Waals surface area contributed by atoms with Crippen molar-refractivity contribution in [2.24, 2.45) is 0 Å². The topological polar surface area (TPSA) is 138 Å². The Labute approximate surface area is 319 Å². The van der Waals surface area contributed by atoms with Gasteiger partial charge in [0.05, 0.1) is 123 Å². The zero-order chi connectivity index (χ0) is 39.2. The van der Waals surface area contributed by atoms with Crippen molar-refractivity contribution in [3.05, 3.63) is 89.5 Å². The fourth-order valence-corrected chi connectivity index (χ4v) is 4.47. The number of halogens is 3. The molecule has 1 N–H and O–H groups in total. The lowest BCUT2D eigenvalue weighted by Crippen LogP contribution is -2.16. The first-order valence-electron chi connectivity index (χ1n) is 17.9. The van der Waals surface area contributed by atoms with Gasteiger partial charge in [0.1, 0.15) is 25.2 Å². The highest BCUT2D eigenvalue weighted by molar-refractivity contribution is 5.96. The highest BCUT2D eigenvalue weighted by Gasteiger charge is 2.30. The van der Waals surface area contributed by atoms with Crippen molar-refractivity contribution < 1.29 is 70.1 Å². The van der Waals surface area contributed by atoms with Gasteiger partial charge in [-0.25, -0.2) is 4.79 Å². The Bertz CT molecular complexity index is 1460. The number of ether oxygens (including phenoxy) is 10. The molecule has 0 aliphatic rings. The van der Waals surface area contributed by atoms with E-state index in [1.165, 1.54) is 18.2 Å². The van der Waals surface area contributed by atoms with Crippen LogP contribution in [0.1, 0.15) is 26.3 Å². The van der Waals surface area contributed by atoms with Crippen LogP contribution < -0.4 is 10.1 Å². The summed E-state index contributed by atoms with van der Waals surface area (Å²) in [6.45, 7) is 6.87. The monoisotopic (exact) mass is 781 g/mol. The first-order chi connectivity index (χ1) is 26.9. The SMILES string of the molecule is O=Cc1ccc(OCCOCCOCCOCCOCCOCCOCCOCCOCCOC(=O)c2ccccc2Nc2cccc(C(F)(F)F)c2)cc1. The summed E-state index contributed by atoms with van der Waals surface area (Å²) in [7, 11) is 0. The number of anilines is 2. The lowest BCUT2D eigenvalue weighted by Gasteiger charge is -2.13. The third-order valence-electron chi connectivity index (χ3n) is 7.19. The van der Waals surface area contributed by atoms with E-state index in [1.807, 2.05) is 0 Å². The summed E-state index contributed by atoms with van der Waals surface area (Å²) in [5.41, 5.74) is 0.499. The summed E-state index contributed by atoms with van der Waals surface area (Å²) in [5, 5.41) is 2.86. The number of alkyl halides is 3. The van der Waals surface area contributed by atoms with Crippen molar-refractivity contribution in [3.8, 4) is 5.75 Å². The number of carbonyl (C=O) groups is 2. The Morgan fingerprint density at radius 1 is 0.545 bits per heavy atom. The van der Waals surface area contributed by atoms with E-state index in [0.29, 0.717) is 123 Å². The van der Waals surface area contributed by atoms with Crippen LogP contribution in [0.4, 0.5) is 24.5 Å². The first kappa shape index (κ1) is 45.3. The van der Waals surface area contributed by atoms with Gasteiger partial charge in [0.15, 0.2) is 0 Å². The summed E-state index contributed by atoms with van der Waals surface area (Å²) in [4.78, 5) is 23.2. The normalized spacial score (nSPS) is 11.4. The van der Waals surface area contributed by atoms with Crippen molar-refractivity contribution in [1.82, 2.24) is 0 Å². The highest BCUT2D eigenvalue weighted by Crippen LogP contribution is 2.32. The minimum Gasteiger partial charge on any atom is -0.491 e. The maximum absolute atomic E-state index is 13.0. The van der Waals surface area contributed by atoms with E-state index in [9.17, 15) is 22.8 Å². The number of benzene rings is 3. The molecule has 3 aromatic rings. The number of hydrogen-bond donors (Lipinski definition) is 1. The molecule has 0 amide bonds. The predicted molar refractivity (Wildman–Crippen MR) is 195 cm³/mol. The molecule has 0 aromatic heterocycles. The van der Waals surface area contributed by atoms with E-state index in [4.69, 9.17) is 47.4 Å². The fraction of sp³-hybridized carbons (Fsp3) is 0.487. The van der Waals surface area contributed by atoms with Crippen LogP contribution in [0, 0.1) is 0 Å². The van der Waals surface area contributed by atoms with Gasteiger partial charge in [0.25, 0.3) is 0 Å². The predicted octanol–water partition coefficient (Wildman–Crippen LogP) is 5.63. The standard InChI is InChI=1S/C39H50F3NO12/c40-39(41,42)33-4-3-5-34(30-33)43-37-7-2-1-6-36(37)38(45)55-29-27-53-25-23-51-21-19-49-17-15-47-13-12-46-14-16-48-18-20-50-22-24-52-26-28-54-35-10-8-32(31-44)9-11-35/h1-11,30-31,43H,12-29H2. The second-order valence-electron chi connectivity index (χ2n) is 11.3. The molecule has 13 nitrogen and oxygen atoms in total. The molecule has 0 atom stereocenters. The molecule has 0 spiro atoms. The maximum atomic E-state index is 13.0. The number of para-hydroxylation sites is 1. The summed E-state index contributed by atoms with van der Waals surface area (Å²) >= 11 is 0. The van der Waals surface area contributed by atoms with Crippen LogP contribution in [0.2, 0.25) is 0 Å². The van der Waals surface area contributed by atoms with Crippen molar-refractivity contribution in [2.75, 3.05) is 124 Å². The molecule has 0 aliphatic carbocycles. The average molecular weight is 782 g/mol. The van der Waals surface area contributed by atoms with Crippen LogP contribution in [0.3, 0.4) is 0 Å². The van der Waals surface area contributed by atoms with Crippen LogP contribution in [0.25, 0.3) is 0 Å². The Balaban J connectivity index is 1.02. The minimum absolute atomic E-state index is 0.00642. The quantitative estimate of drug-likeness (QED) is 0.0476. The third kappa shape index (κ3) is 20.9. The zero-order valence-corrected chi connectivity index (χ0v) is 30.8. The molecule has 3 rings (SSSR count). The third-order valence-corrected chi connectivity index (χ3v) is 7.19. The van der Waals surface area contributed by atoms with Crippen molar-refractivity contribution in [2.45, 2.75) is 6.18 Å². The molecular weight excluding hydrogens is 731 g/mol. The van der Waals surface area contributed by atoms with Crippen molar-refractivity contribution in [3.63, 3.8) is 0 Å². The largest absolute Gasteiger partial charge is 0.491 e. The second kappa shape index (κ2) is 28.3. The van der Waals surface area contributed by atoms with Crippen LogP contribution >= 0.6 is 0 Å². The van der Waals surface area contributed by atoms with Gasteiger partial charge in [-0.15, -0.1) is 0 Å². The minimum atomic E-state index is -4.48. The van der Waals surface area contributed by atoms with Crippen molar-refractivity contribution >= 4 is 23.6 Å². The molecule has 0 fully saturated rings. The molecule has 0 saturated heterocycles. The average Bonchev–Trinajstić information content (AvgIpc) is 3.19. The molecule has 0 unspecified atom stereocenters. The van der Waals surface area contributed by atoms with E-state index >= 15 is 0 Å². The zero-order valence-electron chi connectivity index (χ0n) is 30.8. The molecule has 16 heteroatoms. The molecule has 0 saturated carbocycles. The lowest BCUT2D eigenvalue weighted by atomic mass is 10.1. The van der Waals surface area contributed by atoms with Gasteiger partial charge >= 0.3 is 12.1 Å². The Morgan fingerprint density at radius 2 is 1.00 bits per heavy atom. The fourth-order valence-electron chi connectivity index (χ4n) is 4.47. The summed E-state index contributed by atoms with van der Waals surface area (Å²) < 4.78 is 93.6. The van der Waals surface area contributed by atoms with Crippen LogP contribution in [0.5, 0.6) is 5.75 Å². The smallest absolute Gasteiger partial charge is 0.416 e. The summed E-state index contributed by atoms with van der Waals surface area (Å²) in [5.74, 6) is 0.0533. The molecular formula is C39H50F3NO12. The maximum Gasteiger partial charge on any atom is 0.416 e.